The van der Waals surface area contributed by atoms with Crippen LogP contribution in [0.2, 0.25) is 0 Å². The maximum Gasteiger partial charge on any atom is 0.278 e. The van der Waals surface area contributed by atoms with Gasteiger partial charge in [0.2, 0.25) is 0 Å². The number of aromatic nitrogens is 1. The molecule has 0 fully saturated rings. The number of hydrogen-bond acceptors (Lipinski definition) is 1. The molecule has 0 radical (unpaired) electrons. The molecule has 1 rings (SSSR count). The molecule has 0 aliphatic rings. The molecule has 0 aromatic carbocycles. The van der Waals surface area contributed by atoms with Crippen LogP contribution in [0.1, 0.15) is 23.2 Å². The lowest BCUT2D eigenvalue weighted by atomic mass is 10.1. The van der Waals surface area contributed by atoms with Crippen molar-refractivity contribution in [2.24, 2.45) is 0 Å². The van der Waals surface area contributed by atoms with E-state index < -0.39 is 6.43 Å². The lowest BCUT2D eigenvalue weighted by Gasteiger charge is -2.05. The summed E-state index contributed by atoms with van der Waals surface area (Å²) in [7, 11) is 0. The van der Waals surface area contributed by atoms with Gasteiger partial charge in [-0.1, -0.05) is 15.9 Å². The van der Waals surface area contributed by atoms with Gasteiger partial charge in [0.15, 0.2) is 5.43 Å². The first kappa shape index (κ1) is 10.4. The second-order valence-electron chi connectivity index (χ2n) is 2.62. The van der Waals surface area contributed by atoms with Crippen molar-refractivity contribution in [1.82, 2.24) is 4.98 Å². The van der Waals surface area contributed by atoms with Crippen LogP contribution < -0.4 is 5.43 Å². The van der Waals surface area contributed by atoms with Gasteiger partial charge in [0.1, 0.15) is 0 Å². The van der Waals surface area contributed by atoms with Crippen LogP contribution in [0.5, 0.6) is 0 Å². The van der Waals surface area contributed by atoms with Crippen molar-refractivity contribution in [1.29, 1.82) is 0 Å². The first-order valence-corrected chi connectivity index (χ1v) is 4.75. The van der Waals surface area contributed by atoms with Gasteiger partial charge < -0.3 is 4.98 Å². The molecule has 0 saturated heterocycles. The van der Waals surface area contributed by atoms with Gasteiger partial charge >= 0.3 is 0 Å². The molecule has 1 N–H and O–H groups in total. The van der Waals surface area contributed by atoms with Crippen molar-refractivity contribution in [2.75, 3.05) is 0 Å². The summed E-state index contributed by atoms with van der Waals surface area (Å²) in [6.45, 7) is 1.40. The van der Waals surface area contributed by atoms with Crippen molar-refractivity contribution >= 4 is 15.9 Å². The molecule has 1 aromatic rings. The number of hydrogen-bond donors (Lipinski definition) is 1. The predicted molar refractivity (Wildman–Crippen MR) is 49.4 cm³/mol. The summed E-state index contributed by atoms with van der Waals surface area (Å²) in [5.74, 6) is 0. The highest BCUT2D eigenvalue weighted by atomic mass is 79.9. The van der Waals surface area contributed by atoms with Gasteiger partial charge in [0, 0.05) is 22.7 Å². The van der Waals surface area contributed by atoms with Crippen LogP contribution in [0, 0.1) is 6.92 Å². The standard InChI is InChI=1S/C8H8BrF2NO/c1-4-6(8(10)11)12-3-5(2-9)7(4)13/h3,8H,2H2,1H3,(H,12,13). The molecular weight excluding hydrogens is 244 g/mol. The largest absolute Gasteiger partial charge is 0.360 e. The van der Waals surface area contributed by atoms with Crippen LogP contribution in [0.4, 0.5) is 8.78 Å². The summed E-state index contributed by atoms with van der Waals surface area (Å²) in [5, 5.41) is 0.368. The first-order valence-electron chi connectivity index (χ1n) is 3.63. The SMILES string of the molecule is Cc1c(C(F)F)[nH]cc(CBr)c1=O. The Labute approximate surface area is 82.1 Å². The number of rotatable bonds is 2. The van der Waals surface area contributed by atoms with Crippen LogP contribution in [0.3, 0.4) is 0 Å². The maximum atomic E-state index is 12.3. The van der Waals surface area contributed by atoms with Gasteiger partial charge in [-0.15, -0.1) is 0 Å². The van der Waals surface area contributed by atoms with Crippen LogP contribution >= 0.6 is 15.9 Å². The minimum absolute atomic E-state index is 0.0898. The fourth-order valence-electron chi connectivity index (χ4n) is 1.03. The van der Waals surface area contributed by atoms with Crippen LogP contribution in [-0.2, 0) is 5.33 Å². The van der Waals surface area contributed by atoms with E-state index in [4.69, 9.17) is 0 Å². The molecule has 2 nitrogen and oxygen atoms in total. The molecule has 5 heteroatoms. The molecule has 0 bridgehead atoms. The highest BCUT2D eigenvalue weighted by molar-refractivity contribution is 9.08. The Bertz CT molecular complexity index is 362. The van der Waals surface area contributed by atoms with Gasteiger partial charge in [-0.25, -0.2) is 8.78 Å². The van der Waals surface area contributed by atoms with Crippen LogP contribution in [0.25, 0.3) is 0 Å². The van der Waals surface area contributed by atoms with Gasteiger partial charge in [0.05, 0.1) is 5.69 Å². The van der Waals surface area contributed by atoms with Gasteiger partial charge in [-0.05, 0) is 6.92 Å². The average molecular weight is 252 g/mol. The van der Waals surface area contributed by atoms with Gasteiger partial charge in [0.25, 0.3) is 6.43 Å². The summed E-state index contributed by atoms with van der Waals surface area (Å²) in [6, 6.07) is 0. The number of H-pyrrole nitrogens is 1. The second-order valence-corrected chi connectivity index (χ2v) is 3.18. The van der Waals surface area contributed by atoms with E-state index in [1.165, 1.54) is 13.1 Å². The zero-order valence-electron chi connectivity index (χ0n) is 6.90. The van der Waals surface area contributed by atoms with Crippen molar-refractivity contribution < 1.29 is 8.78 Å². The molecule has 13 heavy (non-hydrogen) atoms. The molecule has 1 aromatic heterocycles. The van der Waals surface area contributed by atoms with E-state index >= 15 is 0 Å². The van der Waals surface area contributed by atoms with Crippen molar-refractivity contribution in [2.45, 2.75) is 18.7 Å². The molecule has 0 amide bonds. The van der Waals surface area contributed by atoms with E-state index in [2.05, 4.69) is 20.9 Å². The molecule has 0 aliphatic heterocycles. The molecular formula is C8H8BrF2NO. The minimum atomic E-state index is -2.63. The average Bonchev–Trinajstić information content (AvgIpc) is 2.09. The van der Waals surface area contributed by atoms with Gasteiger partial charge in [-0.2, -0.15) is 0 Å². The van der Waals surface area contributed by atoms with E-state index in [9.17, 15) is 13.6 Å². The Morgan fingerprint density at radius 3 is 2.69 bits per heavy atom. The van der Waals surface area contributed by atoms with Crippen molar-refractivity contribution in [3.05, 3.63) is 33.2 Å². The Balaban J connectivity index is 3.32. The Morgan fingerprint density at radius 1 is 1.62 bits per heavy atom. The highest BCUT2D eigenvalue weighted by Gasteiger charge is 2.14. The molecule has 0 saturated carbocycles. The Morgan fingerprint density at radius 2 is 2.23 bits per heavy atom. The second kappa shape index (κ2) is 4.00. The van der Waals surface area contributed by atoms with Crippen LogP contribution in [0.15, 0.2) is 11.0 Å². The van der Waals surface area contributed by atoms with Gasteiger partial charge in [-0.3, -0.25) is 4.79 Å². The lowest BCUT2D eigenvalue weighted by molar-refractivity contribution is 0.145. The lowest BCUT2D eigenvalue weighted by Crippen LogP contribution is -2.14. The van der Waals surface area contributed by atoms with E-state index in [-0.39, 0.29) is 16.7 Å². The fraction of sp³-hybridized carbons (Fsp3) is 0.375. The monoisotopic (exact) mass is 251 g/mol. The number of alkyl halides is 3. The molecule has 0 spiro atoms. The van der Waals surface area contributed by atoms with Crippen molar-refractivity contribution in [3.8, 4) is 0 Å². The third-order valence-electron chi connectivity index (χ3n) is 1.80. The normalized spacial score (nSPS) is 10.8. The van der Waals surface area contributed by atoms with E-state index in [1.807, 2.05) is 0 Å². The maximum absolute atomic E-state index is 12.3. The molecule has 0 unspecified atom stereocenters. The molecule has 72 valence electrons. The van der Waals surface area contributed by atoms with Crippen LogP contribution in [-0.4, -0.2) is 4.98 Å². The first-order chi connectivity index (χ1) is 6.07. The number of halogens is 3. The summed E-state index contributed by atoms with van der Waals surface area (Å²) < 4.78 is 24.5. The predicted octanol–water partition coefficient (Wildman–Crippen LogP) is 2.52. The zero-order chi connectivity index (χ0) is 10.0. The van der Waals surface area contributed by atoms with E-state index in [0.29, 0.717) is 10.9 Å². The van der Waals surface area contributed by atoms with Crippen molar-refractivity contribution in [3.63, 3.8) is 0 Å². The summed E-state index contributed by atoms with van der Waals surface area (Å²) >= 11 is 3.10. The third-order valence-corrected chi connectivity index (χ3v) is 2.40. The smallest absolute Gasteiger partial charge is 0.278 e. The number of nitrogens with one attached hydrogen (secondary N) is 1. The number of aromatic amines is 1. The molecule has 1 heterocycles. The zero-order valence-corrected chi connectivity index (χ0v) is 8.49. The molecule has 0 atom stereocenters. The van der Waals surface area contributed by atoms with E-state index in [1.54, 1.807) is 0 Å². The number of pyridine rings is 1. The summed E-state index contributed by atoms with van der Waals surface area (Å²) in [6.07, 6.45) is -1.32. The van der Waals surface area contributed by atoms with E-state index in [0.717, 1.165) is 0 Å². The minimum Gasteiger partial charge on any atom is -0.360 e. The quantitative estimate of drug-likeness (QED) is 0.806. The highest BCUT2D eigenvalue weighted by Crippen LogP contribution is 2.18. The third kappa shape index (κ3) is 1.96. The summed E-state index contributed by atoms with van der Waals surface area (Å²) in [4.78, 5) is 13.8. The molecule has 0 aliphatic carbocycles. The fourth-order valence-corrected chi connectivity index (χ4v) is 1.44. The summed E-state index contributed by atoms with van der Waals surface area (Å²) in [5.41, 5.74) is -0.0746. The Hall–Kier alpha value is -0.710. The Kier molecular flexibility index (Phi) is 3.19. The topological polar surface area (TPSA) is 32.9 Å².